The molecule has 33 heteroatoms. The van der Waals surface area contributed by atoms with Crippen LogP contribution in [0.5, 0.6) is 46.3 Å². The van der Waals surface area contributed by atoms with Crippen LogP contribution in [-0.4, -0.2) is 135 Å². The molecule has 12 aromatic rings. The first-order valence-corrected chi connectivity index (χ1v) is 35.7. The lowest BCUT2D eigenvalue weighted by Crippen LogP contribution is -2.32. The number of ether oxygens (including phenoxy) is 8. The van der Waals surface area contributed by atoms with Crippen molar-refractivity contribution in [2.45, 2.75) is 41.9 Å². The van der Waals surface area contributed by atoms with Crippen LogP contribution in [-0.2, 0) is 39.7 Å². The number of amides is 2. The number of rotatable bonds is 16. The van der Waals surface area contributed by atoms with Gasteiger partial charge in [-0.05, 0) is 127 Å². The number of hydrogen-bond donors (Lipinski definition) is 4. The monoisotopic (exact) mass is 1540 g/mol. The molecule has 109 heavy (non-hydrogen) atoms. The van der Waals surface area contributed by atoms with Crippen LogP contribution in [0.3, 0.4) is 0 Å². The molecule has 2 amide bonds. The summed E-state index contributed by atoms with van der Waals surface area (Å²) in [6.45, 7) is 0.759. The van der Waals surface area contributed by atoms with Gasteiger partial charge in [0.05, 0.1) is 84.6 Å². The number of carboxylic acids is 1. The van der Waals surface area contributed by atoms with Crippen LogP contribution in [0.15, 0.2) is 151 Å². The van der Waals surface area contributed by atoms with Crippen molar-refractivity contribution in [2.75, 3.05) is 66.4 Å². The Kier molecular flexibility index (Phi) is 23.4. The maximum Gasteiger partial charge on any atom is 0.353 e. The molecule has 15 rings (SSSR count). The van der Waals surface area contributed by atoms with Gasteiger partial charge in [0, 0.05) is 63.1 Å². The number of pyridine rings is 3. The van der Waals surface area contributed by atoms with Crippen molar-refractivity contribution in [1.82, 2.24) is 38.1 Å². The molecule has 0 spiro atoms. The molecule has 6 aromatic heterocycles. The van der Waals surface area contributed by atoms with Gasteiger partial charge in [-0.2, -0.15) is 0 Å². The Hall–Kier alpha value is -12.5. The van der Waals surface area contributed by atoms with E-state index in [1.165, 1.54) is 58.6 Å². The highest BCUT2D eigenvalue weighted by Crippen LogP contribution is 2.51. The van der Waals surface area contributed by atoms with Crippen molar-refractivity contribution in [3.8, 4) is 79.6 Å². The topological polar surface area (TPSA) is 311 Å². The maximum absolute atomic E-state index is 14.7. The normalized spacial score (nSPS) is 12.6. The molecule has 0 saturated heterocycles. The Morgan fingerprint density at radius 2 is 0.807 bits per heavy atom. The number of carbonyl (C=O) groups is 3. The quantitative estimate of drug-likeness (QED) is 0.0653. The van der Waals surface area contributed by atoms with Crippen LogP contribution in [0.25, 0.3) is 66.1 Å². The molecule has 0 unspecified atom stereocenters. The van der Waals surface area contributed by atoms with Gasteiger partial charge in [0.25, 0.3) is 17.4 Å². The second-order valence-electron chi connectivity index (χ2n) is 23.8. The maximum atomic E-state index is 14.7. The van der Waals surface area contributed by atoms with Crippen molar-refractivity contribution in [1.29, 1.82) is 0 Å². The Morgan fingerprint density at radius 1 is 0.477 bits per heavy atom. The smallest absolute Gasteiger partial charge is 0.353 e. The summed E-state index contributed by atoms with van der Waals surface area (Å²) in [6.07, 6.45) is 6.07. The molecule has 570 valence electrons. The minimum Gasteiger partial charge on any atom is -0.486 e. The van der Waals surface area contributed by atoms with Gasteiger partial charge in [-0.3, -0.25) is 14.4 Å². The molecule has 9 heterocycles. The number of aromatic amines is 1. The lowest BCUT2D eigenvalue weighted by Gasteiger charge is -2.20. The molecule has 6 aromatic carbocycles. The van der Waals surface area contributed by atoms with Gasteiger partial charge < -0.3 is 61.7 Å². The summed E-state index contributed by atoms with van der Waals surface area (Å²) in [5.74, 6) is -4.84. The van der Waals surface area contributed by atoms with Gasteiger partial charge in [0.1, 0.15) is 91.6 Å². The van der Waals surface area contributed by atoms with E-state index in [-0.39, 0.29) is 136 Å². The fourth-order valence-electron chi connectivity index (χ4n) is 12.9. The third kappa shape index (κ3) is 15.8. The molecular weight excluding hydrogens is 1470 g/mol. The SMILES string of the molecule is C.C.C.COc1ncccc1-c1c(C(=O)NS(C)(=O)=O)n(Cc2cc(F)ccc2F)c2ccc3c(c12)OCCO3.COc1ncccc1-c1c(C(=O)O)n(Cc2cc(F)ccc2F)c2ccc3c(c12)OCCO3.CS(=O)(=O)NC(=O)c1c(-c2ccc[nH]c2=O)c2c3c(ccc2n1Cc1cc(F)ccc1F)OCCO3. The predicted molar refractivity (Wildman–Crippen MR) is 393 cm³/mol. The van der Waals surface area contributed by atoms with Crippen molar-refractivity contribution in [3.05, 3.63) is 225 Å². The molecule has 0 bridgehead atoms. The average molecular weight is 1550 g/mol. The molecule has 25 nitrogen and oxygen atoms in total. The third-order valence-electron chi connectivity index (χ3n) is 17.0. The van der Waals surface area contributed by atoms with Crippen LogP contribution in [0.4, 0.5) is 26.3 Å². The summed E-state index contributed by atoms with van der Waals surface area (Å²) in [4.78, 5) is 63.3. The largest absolute Gasteiger partial charge is 0.486 e. The first kappa shape index (κ1) is 79.1. The molecule has 0 fully saturated rings. The second kappa shape index (κ2) is 32.3. The fourth-order valence-corrected chi connectivity index (χ4v) is 13.7. The number of sulfonamides is 2. The summed E-state index contributed by atoms with van der Waals surface area (Å²) >= 11 is 0. The Labute approximate surface area is 619 Å². The van der Waals surface area contributed by atoms with Crippen molar-refractivity contribution < 1.29 is 101 Å². The van der Waals surface area contributed by atoms with Crippen LogP contribution in [0.2, 0.25) is 0 Å². The van der Waals surface area contributed by atoms with E-state index in [9.17, 15) is 67.5 Å². The highest BCUT2D eigenvalue weighted by molar-refractivity contribution is 7.89. The van der Waals surface area contributed by atoms with E-state index in [4.69, 9.17) is 37.9 Å². The number of halogens is 6. The van der Waals surface area contributed by atoms with Gasteiger partial charge in [-0.25, -0.2) is 67.4 Å². The highest BCUT2D eigenvalue weighted by Gasteiger charge is 2.36. The van der Waals surface area contributed by atoms with Crippen LogP contribution in [0.1, 0.15) is 70.4 Å². The molecule has 4 N–H and O–H groups in total. The van der Waals surface area contributed by atoms with E-state index in [1.807, 2.05) is 9.44 Å². The van der Waals surface area contributed by atoms with E-state index < -0.39 is 78.3 Å². The molecule has 0 aliphatic carbocycles. The van der Waals surface area contributed by atoms with Crippen LogP contribution in [0, 0.1) is 34.9 Å². The Bertz CT molecular complexity index is 5870. The summed E-state index contributed by atoms with van der Waals surface area (Å²) in [5, 5.41) is 11.4. The summed E-state index contributed by atoms with van der Waals surface area (Å²) in [6, 6.07) is 28.4. The molecule has 3 aliphatic heterocycles. The molecule has 0 radical (unpaired) electrons. The van der Waals surface area contributed by atoms with E-state index in [2.05, 4.69) is 15.0 Å². The zero-order valence-corrected chi connectivity index (χ0v) is 57.7. The molecule has 0 saturated carbocycles. The lowest BCUT2D eigenvalue weighted by atomic mass is 10.0. The molecular formula is C76H70F6N8O17S2. The number of H-pyrrole nitrogens is 1. The van der Waals surface area contributed by atoms with Crippen molar-refractivity contribution >= 4 is 70.5 Å². The minimum absolute atomic E-state index is 0. The minimum atomic E-state index is -4.03. The van der Waals surface area contributed by atoms with Gasteiger partial charge in [-0.1, -0.05) is 22.3 Å². The van der Waals surface area contributed by atoms with E-state index in [0.29, 0.717) is 91.4 Å². The summed E-state index contributed by atoms with van der Waals surface area (Å²) in [5.41, 5.74) is 1.36. The Morgan fingerprint density at radius 3 is 1.15 bits per heavy atom. The summed E-state index contributed by atoms with van der Waals surface area (Å²) in [7, 11) is -5.19. The average Bonchev–Trinajstić information content (AvgIpc) is 1.59. The number of hydrogen-bond acceptors (Lipinski definition) is 18. The Balaban J connectivity index is 0.000000172. The van der Waals surface area contributed by atoms with Crippen molar-refractivity contribution in [3.63, 3.8) is 0 Å². The predicted octanol–water partition coefficient (Wildman–Crippen LogP) is 12.7. The van der Waals surface area contributed by atoms with Gasteiger partial charge in [-0.15, -0.1) is 0 Å². The lowest BCUT2D eigenvalue weighted by molar-refractivity contribution is 0.0686. The third-order valence-corrected chi connectivity index (χ3v) is 18.1. The van der Waals surface area contributed by atoms with Gasteiger partial charge in [0.15, 0.2) is 34.5 Å². The second-order valence-corrected chi connectivity index (χ2v) is 27.3. The zero-order valence-electron chi connectivity index (χ0n) is 56.0. The number of methoxy groups -OCH3 is 2. The standard InChI is InChI=1S/C25H21F2N3O6S.C24H19F2N3O6S.C24H18F2N2O5.3CH4/c1-34-25-16(4-3-9-28-25)20-21-18(7-8-19-23(21)36-11-10-35-19)30(22(20)24(31)29-37(2,32)33)13-14-12-15(26)5-6-17(14)27;1-36(32,33)28-24(31)21-19(15-3-2-8-27-23(15)30)20-17(6-7-18-22(20)35-10-9-34-18)29(21)12-13-11-14(25)4-5-16(13)26;1-31-23-15(3-2-8-27-23)19-20-17(6-7-18-22(20)33-10-9-32-18)28(21(19)24(29)30)12-13-11-14(25)4-5-16(13)26;;;/h3-9,12H,10-11,13H2,1-2H3,(H,29,31);2-8,11H,9-10,12H2,1H3,(H,27,30)(H,28,31);2-8,11H,9-10,12H2,1H3,(H,29,30);3*1H4. The molecule has 3 aliphatic rings. The van der Waals surface area contributed by atoms with Crippen LogP contribution < -0.4 is 52.9 Å². The van der Waals surface area contributed by atoms with Crippen molar-refractivity contribution in [2.24, 2.45) is 0 Å². The van der Waals surface area contributed by atoms with E-state index in [1.54, 1.807) is 60.7 Å². The number of carbonyl (C=O) groups excluding carboxylic acids is 2. The number of aromatic nitrogens is 6. The number of nitrogens with zero attached hydrogens (tertiary/aromatic N) is 5. The number of nitrogens with one attached hydrogen (secondary N) is 3. The van der Waals surface area contributed by atoms with Gasteiger partial charge in [0.2, 0.25) is 31.8 Å². The van der Waals surface area contributed by atoms with Gasteiger partial charge >= 0.3 is 5.97 Å². The first-order chi connectivity index (χ1) is 50.8. The zero-order chi connectivity index (χ0) is 75.0. The fraction of sp³-hybridized carbons (Fsp3) is 0.211. The number of aromatic carboxylic acids is 1. The van der Waals surface area contributed by atoms with E-state index in [0.717, 1.165) is 67.1 Å². The number of benzene rings is 6. The summed E-state index contributed by atoms with van der Waals surface area (Å²) < 4.78 is 188. The highest BCUT2D eigenvalue weighted by atomic mass is 32.2. The van der Waals surface area contributed by atoms with Crippen LogP contribution >= 0.6 is 0 Å². The number of carboxylic acid groups (broad SMARTS) is 1. The number of fused-ring (bicyclic) bond motifs is 9. The molecule has 0 atom stereocenters. The van der Waals surface area contributed by atoms with E-state index >= 15 is 0 Å². The first-order valence-electron chi connectivity index (χ1n) is 31.9.